The van der Waals surface area contributed by atoms with Crippen molar-refractivity contribution in [3.05, 3.63) is 0 Å². The minimum atomic E-state index is 0.830. The molecule has 0 aromatic carbocycles. The topological polar surface area (TPSA) is 12.5 Å². The van der Waals surface area contributed by atoms with E-state index in [4.69, 9.17) is 4.74 Å². The molecule has 1 aliphatic heterocycles. The average Bonchev–Trinajstić information content (AvgIpc) is 2.33. The SMILES string of the molecule is COCCC(C)CCCCN1CCSCC1. The van der Waals surface area contributed by atoms with Crippen LogP contribution in [0.4, 0.5) is 0 Å². The lowest BCUT2D eigenvalue weighted by Crippen LogP contribution is -2.33. The molecule has 3 heteroatoms. The second kappa shape index (κ2) is 9.32. The Morgan fingerprint density at radius 2 is 1.94 bits per heavy atom. The van der Waals surface area contributed by atoms with Gasteiger partial charge < -0.3 is 9.64 Å². The van der Waals surface area contributed by atoms with Crippen molar-refractivity contribution in [3.63, 3.8) is 0 Å². The van der Waals surface area contributed by atoms with Crippen LogP contribution in [0.1, 0.15) is 32.6 Å². The number of ether oxygens (including phenoxy) is 1. The highest BCUT2D eigenvalue weighted by atomic mass is 32.2. The van der Waals surface area contributed by atoms with Crippen molar-refractivity contribution in [1.82, 2.24) is 4.90 Å². The molecule has 1 aliphatic rings. The van der Waals surface area contributed by atoms with Gasteiger partial charge in [-0.3, -0.25) is 0 Å². The molecule has 2 nitrogen and oxygen atoms in total. The lowest BCUT2D eigenvalue weighted by atomic mass is 10.0. The average molecular weight is 245 g/mol. The van der Waals surface area contributed by atoms with Gasteiger partial charge >= 0.3 is 0 Å². The van der Waals surface area contributed by atoms with Gasteiger partial charge in [-0.15, -0.1) is 0 Å². The van der Waals surface area contributed by atoms with Crippen LogP contribution in [0.3, 0.4) is 0 Å². The van der Waals surface area contributed by atoms with E-state index in [0.29, 0.717) is 0 Å². The molecule has 0 aromatic rings. The molecule has 0 saturated carbocycles. The predicted octanol–water partition coefficient (Wildman–Crippen LogP) is 2.88. The maximum absolute atomic E-state index is 5.10. The van der Waals surface area contributed by atoms with Crippen LogP contribution in [-0.4, -0.2) is 49.8 Å². The van der Waals surface area contributed by atoms with E-state index in [0.717, 1.165) is 12.5 Å². The number of unbranched alkanes of at least 4 members (excludes halogenated alkanes) is 1. The van der Waals surface area contributed by atoms with Crippen LogP contribution in [-0.2, 0) is 4.74 Å². The van der Waals surface area contributed by atoms with Crippen LogP contribution in [0.15, 0.2) is 0 Å². The standard InChI is InChI=1S/C13H27NOS/c1-13(6-10-15-2)5-3-4-7-14-8-11-16-12-9-14/h13H,3-12H2,1-2H3. The van der Waals surface area contributed by atoms with Gasteiger partial charge in [0, 0.05) is 38.3 Å². The fourth-order valence-corrected chi connectivity index (χ4v) is 3.10. The molecule has 1 atom stereocenters. The van der Waals surface area contributed by atoms with Crippen LogP contribution in [0.5, 0.6) is 0 Å². The molecule has 1 heterocycles. The zero-order valence-corrected chi connectivity index (χ0v) is 11.7. The molecule has 1 rings (SSSR count). The highest BCUT2D eigenvalue weighted by Gasteiger charge is 2.09. The number of nitrogens with zero attached hydrogens (tertiary/aromatic N) is 1. The summed E-state index contributed by atoms with van der Waals surface area (Å²) >= 11 is 2.10. The predicted molar refractivity (Wildman–Crippen MR) is 73.3 cm³/mol. The maximum Gasteiger partial charge on any atom is 0.0464 e. The molecule has 1 fully saturated rings. The fourth-order valence-electron chi connectivity index (χ4n) is 2.12. The minimum absolute atomic E-state index is 0.830. The molecule has 1 unspecified atom stereocenters. The Hall–Kier alpha value is 0.270. The van der Waals surface area contributed by atoms with Gasteiger partial charge in [-0.2, -0.15) is 11.8 Å². The quantitative estimate of drug-likeness (QED) is 0.610. The normalized spacial score (nSPS) is 19.9. The van der Waals surface area contributed by atoms with Crippen molar-refractivity contribution in [2.75, 3.05) is 44.9 Å². The van der Waals surface area contributed by atoms with Crippen molar-refractivity contribution in [2.45, 2.75) is 32.6 Å². The summed E-state index contributed by atoms with van der Waals surface area (Å²) < 4.78 is 5.10. The van der Waals surface area contributed by atoms with E-state index in [2.05, 4.69) is 23.6 Å². The maximum atomic E-state index is 5.10. The van der Waals surface area contributed by atoms with Crippen LogP contribution < -0.4 is 0 Å². The van der Waals surface area contributed by atoms with Gasteiger partial charge in [0.15, 0.2) is 0 Å². The van der Waals surface area contributed by atoms with Crippen LogP contribution in [0.2, 0.25) is 0 Å². The zero-order valence-electron chi connectivity index (χ0n) is 10.9. The van der Waals surface area contributed by atoms with E-state index in [-0.39, 0.29) is 0 Å². The molecule has 96 valence electrons. The third kappa shape index (κ3) is 6.77. The molecular weight excluding hydrogens is 218 g/mol. The molecule has 1 saturated heterocycles. The molecule has 0 aliphatic carbocycles. The Balaban J connectivity index is 1.90. The molecule has 0 N–H and O–H groups in total. The lowest BCUT2D eigenvalue weighted by molar-refractivity contribution is 0.177. The van der Waals surface area contributed by atoms with E-state index < -0.39 is 0 Å². The van der Waals surface area contributed by atoms with E-state index in [1.165, 1.54) is 56.8 Å². The van der Waals surface area contributed by atoms with Crippen molar-refractivity contribution in [1.29, 1.82) is 0 Å². The molecule has 0 aromatic heterocycles. The Bertz CT molecular complexity index is 160. The lowest BCUT2D eigenvalue weighted by Gasteiger charge is -2.26. The van der Waals surface area contributed by atoms with Crippen molar-refractivity contribution in [3.8, 4) is 0 Å². The summed E-state index contributed by atoms with van der Waals surface area (Å²) in [5.41, 5.74) is 0. The third-order valence-electron chi connectivity index (χ3n) is 3.34. The van der Waals surface area contributed by atoms with E-state index in [1.54, 1.807) is 7.11 Å². The first-order valence-electron chi connectivity index (χ1n) is 6.62. The minimum Gasteiger partial charge on any atom is -0.385 e. The molecule has 0 radical (unpaired) electrons. The number of hydrogen-bond donors (Lipinski definition) is 0. The zero-order chi connectivity index (χ0) is 11.6. The highest BCUT2D eigenvalue weighted by molar-refractivity contribution is 7.99. The van der Waals surface area contributed by atoms with E-state index >= 15 is 0 Å². The van der Waals surface area contributed by atoms with Crippen LogP contribution >= 0.6 is 11.8 Å². The van der Waals surface area contributed by atoms with E-state index in [9.17, 15) is 0 Å². The second-order valence-corrected chi connectivity index (χ2v) is 6.06. The van der Waals surface area contributed by atoms with Gasteiger partial charge in [0.05, 0.1) is 0 Å². The summed E-state index contributed by atoms with van der Waals surface area (Å²) in [7, 11) is 1.79. The fraction of sp³-hybridized carbons (Fsp3) is 1.00. The first kappa shape index (κ1) is 14.3. The van der Waals surface area contributed by atoms with Gasteiger partial charge in [0.25, 0.3) is 0 Å². The summed E-state index contributed by atoms with van der Waals surface area (Å²) in [6.45, 7) is 7.20. The van der Waals surface area contributed by atoms with Crippen molar-refractivity contribution in [2.24, 2.45) is 5.92 Å². The Kier molecular flexibility index (Phi) is 8.34. The van der Waals surface area contributed by atoms with Gasteiger partial charge in [-0.1, -0.05) is 19.8 Å². The monoisotopic (exact) mass is 245 g/mol. The summed E-state index contributed by atoms with van der Waals surface area (Å²) in [6.07, 6.45) is 5.35. The Morgan fingerprint density at radius 1 is 1.19 bits per heavy atom. The second-order valence-electron chi connectivity index (χ2n) is 4.84. The van der Waals surface area contributed by atoms with E-state index in [1.807, 2.05) is 0 Å². The van der Waals surface area contributed by atoms with Gasteiger partial charge in [-0.05, 0) is 25.3 Å². The molecule has 0 amide bonds. The Morgan fingerprint density at radius 3 is 2.62 bits per heavy atom. The molecule has 16 heavy (non-hydrogen) atoms. The molecule has 0 spiro atoms. The third-order valence-corrected chi connectivity index (χ3v) is 4.28. The van der Waals surface area contributed by atoms with Gasteiger partial charge in [0.1, 0.15) is 0 Å². The van der Waals surface area contributed by atoms with Crippen LogP contribution in [0.25, 0.3) is 0 Å². The number of thioether (sulfide) groups is 1. The summed E-state index contributed by atoms with van der Waals surface area (Å²) in [5.74, 6) is 3.51. The Labute approximate surface area is 105 Å². The number of methoxy groups -OCH3 is 1. The van der Waals surface area contributed by atoms with Crippen LogP contribution in [0, 0.1) is 5.92 Å². The molecular formula is C13H27NOS. The number of hydrogen-bond acceptors (Lipinski definition) is 3. The highest BCUT2D eigenvalue weighted by Crippen LogP contribution is 2.14. The van der Waals surface area contributed by atoms with Gasteiger partial charge in [0.2, 0.25) is 0 Å². The molecule has 0 bridgehead atoms. The largest absolute Gasteiger partial charge is 0.385 e. The first-order chi connectivity index (χ1) is 7.83. The summed E-state index contributed by atoms with van der Waals surface area (Å²) in [6, 6.07) is 0. The summed E-state index contributed by atoms with van der Waals surface area (Å²) in [4.78, 5) is 2.62. The van der Waals surface area contributed by atoms with Gasteiger partial charge in [-0.25, -0.2) is 0 Å². The number of rotatable bonds is 8. The first-order valence-corrected chi connectivity index (χ1v) is 7.77. The summed E-state index contributed by atoms with van der Waals surface area (Å²) in [5, 5.41) is 0. The van der Waals surface area contributed by atoms with Crippen molar-refractivity contribution >= 4 is 11.8 Å². The van der Waals surface area contributed by atoms with Crippen molar-refractivity contribution < 1.29 is 4.74 Å². The smallest absolute Gasteiger partial charge is 0.0464 e.